The standard InChI is InChI=1S/C22H20N4O2/c1-2-28-17-12-10-16(11-13-17)24-21(27)15-26-20-9-4-3-7-18(20)25-22(26)19-8-5-6-14-23-19/h3-14H,2,15H2,1H3,(H,24,27). The Labute approximate surface area is 162 Å². The fraction of sp³-hybridized carbons (Fsp3) is 0.136. The number of ether oxygens (including phenoxy) is 1. The van der Waals surface area contributed by atoms with Crippen LogP contribution in [-0.4, -0.2) is 27.0 Å². The lowest BCUT2D eigenvalue weighted by molar-refractivity contribution is -0.116. The number of imidazole rings is 1. The van der Waals surface area contributed by atoms with Crippen molar-refractivity contribution < 1.29 is 9.53 Å². The molecule has 0 aliphatic heterocycles. The van der Waals surface area contributed by atoms with Gasteiger partial charge in [-0.3, -0.25) is 9.78 Å². The van der Waals surface area contributed by atoms with Crippen LogP contribution in [0.1, 0.15) is 6.92 Å². The zero-order chi connectivity index (χ0) is 19.3. The summed E-state index contributed by atoms with van der Waals surface area (Å²) >= 11 is 0. The number of hydrogen-bond donors (Lipinski definition) is 1. The van der Waals surface area contributed by atoms with Crippen molar-refractivity contribution in [2.24, 2.45) is 0 Å². The summed E-state index contributed by atoms with van der Waals surface area (Å²) in [7, 11) is 0. The van der Waals surface area contributed by atoms with Crippen molar-refractivity contribution >= 4 is 22.6 Å². The number of rotatable bonds is 6. The van der Waals surface area contributed by atoms with E-state index in [0.29, 0.717) is 12.4 Å². The zero-order valence-electron chi connectivity index (χ0n) is 15.5. The molecule has 0 spiro atoms. The predicted octanol–water partition coefficient (Wildman–Crippen LogP) is 4.14. The molecule has 2 aromatic carbocycles. The van der Waals surface area contributed by atoms with Gasteiger partial charge in [-0.15, -0.1) is 0 Å². The predicted molar refractivity (Wildman–Crippen MR) is 109 cm³/mol. The van der Waals surface area contributed by atoms with Gasteiger partial charge in [-0.1, -0.05) is 18.2 Å². The van der Waals surface area contributed by atoms with Crippen LogP contribution >= 0.6 is 0 Å². The largest absolute Gasteiger partial charge is 0.494 e. The fourth-order valence-corrected chi connectivity index (χ4v) is 3.07. The van der Waals surface area contributed by atoms with E-state index in [-0.39, 0.29) is 12.5 Å². The number of pyridine rings is 1. The SMILES string of the molecule is CCOc1ccc(NC(=O)Cn2c(-c3ccccn3)nc3ccccc32)cc1. The first-order chi connectivity index (χ1) is 13.7. The van der Waals surface area contributed by atoms with Gasteiger partial charge >= 0.3 is 0 Å². The molecule has 0 saturated heterocycles. The molecule has 4 rings (SSSR count). The lowest BCUT2D eigenvalue weighted by atomic mass is 10.3. The number of para-hydroxylation sites is 2. The summed E-state index contributed by atoms with van der Waals surface area (Å²) in [5.74, 6) is 1.31. The Morgan fingerprint density at radius 1 is 1.04 bits per heavy atom. The van der Waals surface area contributed by atoms with Gasteiger partial charge < -0.3 is 14.6 Å². The molecule has 0 aliphatic rings. The molecule has 28 heavy (non-hydrogen) atoms. The van der Waals surface area contributed by atoms with Crippen LogP contribution < -0.4 is 10.1 Å². The van der Waals surface area contributed by atoms with E-state index in [9.17, 15) is 4.79 Å². The Morgan fingerprint density at radius 2 is 1.82 bits per heavy atom. The third-order valence-corrected chi connectivity index (χ3v) is 4.30. The van der Waals surface area contributed by atoms with E-state index >= 15 is 0 Å². The molecule has 2 aromatic heterocycles. The molecule has 0 bridgehead atoms. The molecular formula is C22H20N4O2. The quantitative estimate of drug-likeness (QED) is 0.552. The van der Waals surface area contributed by atoms with Crippen LogP contribution in [-0.2, 0) is 11.3 Å². The van der Waals surface area contributed by atoms with E-state index in [1.165, 1.54) is 0 Å². The van der Waals surface area contributed by atoms with E-state index < -0.39 is 0 Å². The Kier molecular flexibility index (Phi) is 5.01. The molecular weight excluding hydrogens is 352 g/mol. The first-order valence-electron chi connectivity index (χ1n) is 9.14. The number of nitrogens with zero attached hydrogens (tertiary/aromatic N) is 3. The van der Waals surface area contributed by atoms with Crippen LogP contribution in [0.3, 0.4) is 0 Å². The van der Waals surface area contributed by atoms with Gasteiger partial charge in [-0.2, -0.15) is 0 Å². The molecule has 0 radical (unpaired) electrons. The normalized spacial score (nSPS) is 10.8. The van der Waals surface area contributed by atoms with Crippen LogP contribution in [0.25, 0.3) is 22.6 Å². The Balaban J connectivity index is 1.61. The van der Waals surface area contributed by atoms with E-state index in [1.807, 2.05) is 78.2 Å². The van der Waals surface area contributed by atoms with Gasteiger partial charge in [0.25, 0.3) is 0 Å². The van der Waals surface area contributed by atoms with Gasteiger partial charge in [0.15, 0.2) is 5.82 Å². The number of anilines is 1. The van der Waals surface area contributed by atoms with Crippen LogP contribution in [0.15, 0.2) is 72.9 Å². The first-order valence-corrected chi connectivity index (χ1v) is 9.14. The topological polar surface area (TPSA) is 69.0 Å². The third kappa shape index (κ3) is 3.71. The number of nitrogens with one attached hydrogen (secondary N) is 1. The van der Waals surface area contributed by atoms with Crippen molar-refractivity contribution in [2.45, 2.75) is 13.5 Å². The van der Waals surface area contributed by atoms with Crippen LogP contribution in [0, 0.1) is 0 Å². The highest BCUT2D eigenvalue weighted by Gasteiger charge is 2.16. The Morgan fingerprint density at radius 3 is 2.57 bits per heavy atom. The molecule has 1 amide bonds. The monoisotopic (exact) mass is 372 g/mol. The summed E-state index contributed by atoms with van der Waals surface area (Å²) < 4.78 is 7.32. The van der Waals surface area contributed by atoms with Crippen molar-refractivity contribution in [2.75, 3.05) is 11.9 Å². The molecule has 4 aromatic rings. The van der Waals surface area contributed by atoms with E-state index in [2.05, 4.69) is 15.3 Å². The maximum atomic E-state index is 12.7. The van der Waals surface area contributed by atoms with Gasteiger partial charge in [0.05, 0.1) is 17.6 Å². The molecule has 2 heterocycles. The molecule has 0 fully saturated rings. The average molecular weight is 372 g/mol. The van der Waals surface area contributed by atoms with Crippen LogP contribution in [0.5, 0.6) is 5.75 Å². The number of aromatic nitrogens is 3. The van der Waals surface area contributed by atoms with Gasteiger partial charge in [0, 0.05) is 11.9 Å². The Hall–Kier alpha value is -3.67. The van der Waals surface area contributed by atoms with Crippen molar-refractivity contribution in [3.8, 4) is 17.3 Å². The summed E-state index contributed by atoms with van der Waals surface area (Å²) in [6, 6.07) is 20.7. The average Bonchev–Trinajstić information content (AvgIpc) is 3.09. The maximum Gasteiger partial charge on any atom is 0.244 e. The van der Waals surface area contributed by atoms with Gasteiger partial charge in [0.2, 0.25) is 5.91 Å². The minimum atomic E-state index is -0.135. The van der Waals surface area contributed by atoms with Crippen molar-refractivity contribution in [3.05, 3.63) is 72.9 Å². The molecule has 6 heteroatoms. The molecule has 0 unspecified atom stereocenters. The summed E-state index contributed by atoms with van der Waals surface area (Å²) in [4.78, 5) is 21.8. The summed E-state index contributed by atoms with van der Waals surface area (Å²) in [5.41, 5.74) is 3.17. The number of hydrogen-bond acceptors (Lipinski definition) is 4. The van der Waals surface area contributed by atoms with Gasteiger partial charge in [0.1, 0.15) is 18.0 Å². The Bertz CT molecular complexity index is 1090. The van der Waals surface area contributed by atoms with Crippen LogP contribution in [0.4, 0.5) is 5.69 Å². The van der Waals surface area contributed by atoms with E-state index in [0.717, 1.165) is 28.2 Å². The van der Waals surface area contributed by atoms with Crippen molar-refractivity contribution in [3.63, 3.8) is 0 Å². The second kappa shape index (κ2) is 7.92. The number of amides is 1. The highest BCUT2D eigenvalue weighted by molar-refractivity contribution is 5.92. The summed E-state index contributed by atoms with van der Waals surface area (Å²) in [5, 5.41) is 2.93. The molecule has 0 saturated carbocycles. The van der Waals surface area contributed by atoms with E-state index in [1.54, 1.807) is 6.20 Å². The molecule has 140 valence electrons. The van der Waals surface area contributed by atoms with Gasteiger partial charge in [-0.05, 0) is 55.5 Å². The lowest BCUT2D eigenvalue weighted by Gasteiger charge is -2.10. The maximum absolute atomic E-state index is 12.7. The zero-order valence-corrected chi connectivity index (χ0v) is 15.5. The lowest BCUT2D eigenvalue weighted by Crippen LogP contribution is -2.19. The summed E-state index contributed by atoms with van der Waals surface area (Å²) in [6.07, 6.45) is 1.72. The smallest absolute Gasteiger partial charge is 0.244 e. The molecule has 0 aliphatic carbocycles. The van der Waals surface area contributed by atoms with Crippen molar-refractivity contribution in [1.82, 2.24) is 14.5 Å². The number of carbonyl (C=O) groups excluding carboxylic acids is 1. The molecule has 0 atom stereocenters. The van der Waals surface area contributed by atoms with Crippen molar-refractivity contribution in [1.29, 1.82) is 0 Å². The third-order valence-electron chi connectivity index (χ3n) is 4.30. The number of fused-ring (bicyclic) bond motifs is 1. The first kappa shape index (κ1) is 17.7. The minimum absolute atomic E-state index is 0.135. The second-order valence-corrected chi connectivity index (χ2v) is 6.23. The minimum Gasteiger partial charge on any atom is -0.494 e. The van der Waals surface area contributed by atoms with Gasteiger partial charge in [-0.25, -0.2) is 4.98 Å². The fourth-order valence-electron chi connectivity index (χ4n) is 3.07. The van der Waals surface area contributed by atoms with Crippen LogP contribution in [0.2, 0.25) is 0 Å². The number of benzene rings is 2. The highest BCUT2D eigenvalue weighted by atomic mass is 16.5. The summed E-state index contributed by atoms with van der Waals surface area (Å²) in [6.45, 7) is 2.68. The van der Waals surface area contributed by atoms with E-state index in [4.69, 9.17) is 4.74 Å². The highest BCUT2D eigenvalue weighted by Crippen LogP contribution is 2.23. The molecule has 6 nitrogen and oxygen atoms in total. The number of carbonyl (C=O) groups is 1. The second-order valence-electron chi connectivity index (χ2n) is 6.23. The molecule has 1 N–H and O–H groups in total.